The molecular formula is C22H40O2. The highest BCUT2D eigenvalue weighted by Gasteiger charge is 1.94. The fraction of sp³-hybridized carbons (Fsp3) is 0.773. The summed E-state index contributed by atoms with van der Waals surface area (Å²) in [6.45, 7) is 2.28. The van der Waals surface area contributed by atoms with Gasteiger partial charge in [0.05, 0.1) is 0 Å². The molecular weight excluding hydrogens is 296 g/mol. The minimum Gasteiger partial charge on any atom is -0.478 e. The number of carbonyl (C=O) groups is 1. The van der Waals surface area contributed by atoms with Crippen LogP contribution in [0.25, 0.3) is 0 Å². The van der Waals surface area contributed by atoms with Gasteiger partial charge in [-0.2, -0.15) is 0 Å². The monoisotopic (exact) mass is 336 g/mol. The Kier molecular flexibility index (Phi) is 19.1. The van der Waals surface area contributed by atoms with E-state index in [9.17, 15) is 4.79 Å². The lowest BCUT2D eigenvalue weighted by Gasteiger charge is -2.03. The van der Waals surface area contributed by atoms with E-state index >= 15 is 0 Å². The Bertz CT molecular complexity index is 318. The van der Waals surface area contributed by atoms with E-state index in [1.807, 2.05) is 6.08 Å². The topological polar surface area (TPSA) is 37.3 Å². The molecule has 0 aliphatic rings. The minimum atomic E-state index is -0.883. The van der Waals surface area contributed by atoms with E-state index in [4.69, 9.17) is 5.11 Å². The smallest absolute Gasteiger partial charge is 0.328 e. The lowest BCUT2D eigenvalue weighted by atomic mass is 10.0. The van der Waals surface area contributed by atoms with Crippen molar-refractivity contribution in [2.45, 2.75) is 110 Å². The first kappa shape index (κ1) is 22.9. The molecule has 0 heterocycles. The molecule has 0 saturated heterocycles. The van der Waals surface area contributed by atoms with Gasteiger partial charge in [-0.25, -0.2) is 4.79 Å². The number of allylic oxidation sites excluding steroid dienone is 3. The molecule has 0 amide bonds. The molecule has 0 radical (unpaired) electrons. The molecule has 140 valence electrons. The fourth-order valence-corrected chi connectivity index (χ4v) is 2.95. The van der Waals surface area contributed by atoms with Gasteiger partial charge in [0.25, 0.3) is 0 Å². The average Bonchev–Trinajstić information content (AvgIpc) is 2.56. The zero-order valence-electron chi connectivity index (χ0n) is 16.0. The van der Waals surface area contributed by atoms with Crippen LogP contribution < -0.4 is 0 Å². The van der Waals surface area contributed by atoms with Crippen LogP contribution in [0.3, 0.4) is 0 Å². The minimum absolute atomic E-state index is 0.883. The van der Waals surface area contributed by atoms with Crippen molar-refractivity contribution in [3.05, 3.63) is 24.3 Å². The van der Waals surface area contributed by atoms with Gasteiger partial charge in [-0.05, 0) is 12.8 Å². The molecule has 24 heavy (non-hydrogen) atoms. The van der Waals surface area contributed by atoms with Crippen LogP contribution in [0.15, 0.2) is 24.3 Å². The Hall–Kier alpha value is -1.05. The van der Waals surface area contributed by atoms with E-state index in [0.29, 0.717) is 0 Å². The van der Waals surface area contributed by atoms with Crippen molar-refractivity contribution < 1.29 is 9.90 Å². The van der Waals surface area contributed by atoms with Crippen LogP contribution in [0.5, 0.6) is 0 Å². The molecule has 0 aromatic carbocycles. The maximum absolute atomic E-state index is 10.3. The molecule has 0 aliphatic heterocycles. The van der Waals surface area contributed by atoms with Crippen LogP contribution in [-0.2, 0) is 4.79 Å². The maximum Gasteiger partial charge on any atom is 0.328 e. The number of aliphatic carboxylic acids is 1. The Morgan fingerprint density at radius 3 is 1.50 bits per heavy atom. The number of carboxylic acid groups (broad SMARTS) is 1. The first-order chi connectivity index (χ1) is 11.8. The summed E-state index contributed by atoms with van der Waals surface area (Å²) >= 11 is 0. The molecule has 0 aliphatic carbocycles. The van der Waals surface area contributed by atoms with Crippen molar-refractivity contribution in [1.82, 2.24) is 0 Å². The quantitative estimate of drug-likeness (QED) is 0.160. The third-order valence-corrected chi connectivity index (χ3v) is 4.46. The van der Waals surface area contributed by atoms with Crippen molar-refractivity contribution in [3.63, 3.8) is 0 Å². The van der Waals surface area contributed by atoms with Gasteiger partial charge in [-0.1, -0.05) is 115 Å². The molecule has 0 rings (SSSR count). The Morgan fingerprint density at radius 2 is 1.08 bits per heavy atom. The first-order valence-electron chi connectivity index (χ1n) is 10.3. The van der Waals surface area contributed by atoms with E-state index in [0.717, 1.165) is 6.42 Å². The van der Waals surface area contributed by atoms with Crippen LogP contribution in [0.1, 0.15) is 110 Å². The molecule has 0 aromatic heterocycles. The summed E-state index contributed by atoms with van der Waals surface area (Å²) in [5.74, 6) is -0.883. The number of hydrogen-bond acceptors (Lipinski definition) is 1. The van der Waals surface area contributed by atoms with Crippen molar-refractivity contribution in [2.75, 3.05) is 0 Å². The van der Waals surface area contributed by atoms with E-state index in [-0.39, 0.29) is 0 Å². The van der Waals surface area contributed by atoms with Crippen molar-refractivity contribution in [3.8, 4) is 0 Å². The Morgan fingerprint density at radius 1 is 0.667 bits per heavy atom. The summed E-state index contributed by atoms with van der Waals surface area (Å²) in [5, 5.41) is 8.44. The van der Waals surface area contributed by atoms with Crippen LogP contribution in [-0.4, -0.2) is 11.1 Å². The molecule has 0 bridgehead atoms. The molecule has 0 spiro atoms. The van der Waals surface area contributed by atoms with E-state index in [1.165, 1.54) is 102 Å². The molecule has 0 atom stereocenters. The predicted molar refractivity (Wildman–Crippen MR) is 105 cm³/mol. The SMILES string of the molecule is CCCCCCCCCCCCCCCCCC=CC=CC(=O)O. The van der Waals surface area contributed by atoms with Gasteiger partial charge in [0, 0.05) is 6.08 Å². The Labute approximate surface area is 150 Å². The standard InChI is InChI=1S/C22H40O2/c1-2-3-4-5-6-7-8-9-10-11-12-13-14-15-16-17-18-19-20-21-22(23)24/h18-21H,2-17H2,1H3,(H,23,24). The van der Waals surface area contributed by atoms with Gasteiger partial charge in [0.2, 0.25) is 0 Å². The highest BCUT2D eigenvalue weighted by Crippen LogP contribution is 2.13. The normalized spacial score (nSPS) is 11.7. The lowest BCUT2D eigenvalue weighted by Crippen LogP contribution is -1.84. The maximum atomic E-state index is 10.3. The van der Waals surface area contributed by atoms with Gasteiger partial charge in [-0.15, -0.1) is 0 Å². The van der Waals surface area contributed by atoms with Crippen molar-refractivity contribution in [1.29, 1.82) is 0 Å². The number of unbranched alkanes of at least 4 members (excludes halogenated alkanes) is 15. The molecule has 2 nitrogen and oxygen atoms in total. The molecule has 0 aromatic rings. The molecule has 2 heteroatoms. The highest BCUT2D eigenvalue weighted by atomic mass is 16.4. The van der Waals surface area contributed by atoms with Gasteiger partial charge < -0.3 is 5.11 Å². The number of carboxylic acids is 1. The average molecular weight is 337 g/mol. The van der Waals surface area contributed by atoms with Gasteiger partial charge in [0.1, 0.15) is 0 Å². The Balaban J connectivity index is 3.09. The zero-order chi connectivity index (χ0) is 17.7. The third-order valence-electron chi connectivity index (χ3n) is 4.46. The summed E-state index contributed by atoms with van der Waals surface area (Å²) in [4.78, 5) is 10.3. The summed E-state index contributed by atoms with van der Waals surface area (Å²) in [6, 6.07) is 0. The summed E-state index contributed by atoms with van der Waals surface area (Å²) in [7, 11) is 0. The summed E-state index contributed by atoms with van der Waals surface area (Å²) in [5.41, 5.74) is 0. The van der Waals surface area contributed by atoms with Crippen LogP contribution in [0, 0.1) is 0 Å². The predicted octanol–water partition coefficient (Wildman–Crippen LogP) is 7.44. The second-order valence-electron chi connectivity index (χ2n) is 6.86. The zero-order valence-corrected chi connectivity index (χ0v) is 16.0. The second-order valence-corrected chi connectivity index (χ2v) is 6.86. The lowest BCUT2D eigenvalue weighted by molar-refractivity contribution is -0.131. The van der Waals surface area contributed by atoms with Gasteiger partial charge in [0.15, 0.2) is 0 Å². The van der Waals surface area contributed by atoms with Crippen LogP contribution >= 0.6 is 0 Å². The fourth-order valence-electron chi connectivity index (χ4n) is 2.95. The van der Waals surface area contributed by atoms with E-state index in [2.05, 4.69) is 13.0 Å². The molecule has 1 N–H and O–H groups in total. The second kappa shape index (κ2) is 20.0. The van der Waals surface area contributed by atoms with Crippen LogP contribution in [0.2, 0.25) is 0 Å². The van der Waals surface area contributed by atoms with Crippen molar-refractivity contribution >= 4 is 5.97 Å². The van der Waals surface area contributed by atoms with Gasteiger partial charge in [-0.3, -0.25) is 0 Å². The summed E-state index contributed by atoms with van der Waals surface area (Å²) < 4.78 is 0. The third kappa shape index (κ3) is 20.9. The first-order valence-corrected chi connectivity index (χ1v) is 10.3. The number of rotatable bonds is 18. The number of hydrogen-bond donors (Lipinski definition) is 1. The van der Waals surface area contributed by atoms with E-state index < -0.39 is 5.97 Å². The molecule has 0 unspecified atom stereocenters. The molecule has 0 fully saturated rings. The van der Waals surface area contributed by atoms with E-state index in [1.54, 1.807) is 6.08 Å². The molecule has 0 saturated carbocycles. The van der Waals surface area contributed by atoms with Crippen LogP contribution in [0.4, 0.5) is 0 Å². The summed E-state index contributed by atoms with van der Waals surface area (Å²) in [6.07, 6.45) is 28.6. The van der Waals surface area contributed by atoms with Crippen molar-refractivity contribution in [2.24, 2.45) is 0 Å². The van der Waals surface area contributed by atoms with Gasteiger partial charge >= 0.3 is 5.97 Å². The highest BCUT2D eigenvalue weighted by molar-refractivity contribution is 5.80. The largest absolute Gasteiger partial charge is 0.478 e.